The van der Waals surface area contributed by atoms with Gasteiger partial charge in [-0.1, -0.05) is 66.7 Å². The summed E-state index contributed by atoms with van der Waals surface area (Å²) < 4.78 is -1.41. The van der Waals surface area contributed by atoms with Crippen molar-refractivity contribution in [2.45, 2.75) is 16.0 Å². The van der Waals surface area contributed by atoms with Crippen molar-refractivity contribution < 1.29 is 19.2 Å². The molecule has 8 heteroatoms. The monoisotopic (exact) mass is 483 g/mol. The zero-order chi connectivity index (χ0) is 24.2. The highest BCUT2D eigenvalue weighted by Gasteiger charge is 2.79. The molecule has 4 unspecified atom stereocenters. The van der Waals surface area contributed by atoms with E-state index in [1.807, 2.05) is 36.4 Å². The van der Waals surface area contributed by atoms with Gasteiger partial charge < -0.3 is 10.6 Å². The third-order valence-electron chi connectivity index (χ3n) is 6.97. The van der Waals surface area contributed by atoms with Gasteiger partial charge in [-0.05, 0) is 29.8 Å². The number of rotatable bonds is 5. The van der Waals surface area contributed by atoms with Crippen LogP contribution in [0.1, 0.15) is 12.0 Å². The highest BCUT2D eigenvalue weighted by molar-refractivity contribution is 8.03. The topological polar surface area (TPSA) is 95.6 Å². The van der Waals surface area contributed by atoms with Crippen LogP contribution in [0.3, 0.4) is 0 Å². The molecule has 7 nitrogen and oxygen atoms in total. The van der Waals surface area contributed by atoms with Crippen LogP contribution in [-0.4, -0.2) is 28.4 Å². The van der Waals surface area contributed by atoms with Crippen LogP contribution in [-0.2, 0) is 24.0 Å². The Morgan fingerprint density at radius 3 is 2.06 bits per heavy atom. The second-order valence-corrected chi connectivity index (χ2v) is 10.5. The van der Waals surface area contributed by atoms with Gasteiger partial charge in [0.05, 0.1) is 23.9 Å². The molecule has 0 radical (unpaired) electrons. The molecule has 35 heavy (non-hydrogen) atoms. The Kier molecular flexibility index (Phi) is 4.82. The van der Waals surface area contributed by atoms with Gasteiger partial charge in [-0.3, -0.25) is 19.2 Å². The number of para-hydroxylation sites is 2. The van der Waals surface area contributed by atoms with E-state index in [2.05, 4.69) is 10.6 Å². The van der Waals surface area contributed by atoms with Gasteiger partial charge in [-0.25, -0.2) is 4.90 Å². The van der Waals surface area contributed by atoms with E-state index in [1.165, 1.54) is 16.7 Å². The van der Waals surface area contributed by atoms with Crippen molar-refractivity contribution in [2.24, 2.45) is 11.8 Å². The molecule has 3 aromatic carbocycles. The molecule has 3 aromatic rings. The molecule has 2 bridgehead atoms. The van der Waals surface area contributed by atoms with Crippen molar-refractivity contribution in [3.8, 4) is 0 Å². The Morgan fingerprint density at radius 1 is 0.829 bits per heavy atom. The molecule has 3 heterocycles. The van der Waals surface area contributed by atoms with Crippen LogP contribution in [0.4, 0.5) is 11.4 Å². The molecular formula is C27H21N3O4S. The number of carbonyl (C=O) groups is 4. The van der Waals surface area contributed by atoms with E-state index in [1.54, 1.807) is 54.6 Å². The molecule has 0 aliphatic carbocycles. The first-order valence-electron chi connectivity index (χ1n) is 11.3. The number of fused-ring (bicyclic) bond motifs is 5. The van der Waals surface area contributed by atoms with Crippen LogP contribution >= 0.6 is 11.8 Å². The normalized spacial score (nSPS) is 28.7. The van der Waals surface area contributed by atoms with Crippen LogP contribution in [0, 0.1) is 11.8 Å². The van der Waals surface area contributed by atoms with E-state index in [0.717, 1.165) is 5.56 Å². The summed E-state index contributed by atoms with van der Waals surface area (Å²) in [7, 11) is 0. The fraction of sp³-hybridized carbons (Fsp3) is 0.185. The Morgan fingerprint density at radius 2 is 1.40 bits per heavy atom. The van der Waals surface area contributed by atoms with Gasteiger partial charge in [-0.15, -0.1) is 11.8 Å². The smallest absolute Gasteiger partial charge is 0.241 e. The zero-order valence-electron chi connectivity index (χ0n) is 18.5. The summed E-state index contributed by atoms with van der Waals surface area (Å²) in [5.74, 6) is -3.39. The summed E-state index contributed by atoms with van der Waals surface area (Å²) in [5, 5.41) is 5.86. The summed E-state index contributed by atoms with van der Waals surface area (Å²) in [6.45, 7) is 0. The average molecular weight is 484 g/mol. The Bertz CT molecular complexity index is 1350. The first-order valence-corrected chi connectivity index (χ1v) is 12.1. The van der Waals surface area contributed by atoms with Gasteiger partial charge in [0.1, 0.15) is 9.62 Å². The molecule has 174 valence electrons. The third kappa shape index (κ3) is 3.06. The summed E-state index contributed by atoms with van der Waals surface area (Å²) >= 11 is 1.23. The van der Waals surface area contributed by atoms with Crippen LogP contribution in [0.25, 0.3) is 0 Å². The number of thioether (sulfide) groups is 1. The van der Waals surface area contributed by atoms with E-state index in [9.17, 15) is 19.2 Å². The SMILES string of the molecule is O=C(CC12SC(c3ccccc3)(NC1=O)C1C(=O)N(c3ccccc3)C(=O)C12)Nc1ccccc1. The summed E-state index contributed by atoms with van der Waals surface area (Å²) in [5.41, 5.74) is 1.79. The molecule has 0 saturated carbocycles. The predicted octanol–water partition coefficient (Wildman–Crippen LogP) is 3.29. The molecule has 0 spiro atoms. The van der Waals surface area contributed by atoms with Crippen molar-refractivity contribution >= 4 is 46.8 Å². The maximum absolute atomic E-state index is 13.8. The zero-order valence-corrected chi connectivity index (χ0v) is 19.3. The van der Waals surface area contributed by atoms with Gasteiger partial charge >= 0.3 is 0 Å². The summed E-state index contributed by atoms with van der Waals surface area (Å²) in [4.78, 5) is 54.4. The van der Waals surface area contributed by atoms with Gasteiger partial charge in [-0.2, -0.15) is 0 Å². The fourth-order valence-electron chi connectivity index (χ4n) is 5.55. The quantitative estimate of drug-likeness (QED) is 0.543. The highest BCUT2D eigenvalue weighted by Crippen LogP contribution is 2.69. The maximum atomic E-state index is 13.8. The molecule has 3 saturated heterocycles. The molecule has 3 aliphatic heterocycles. The van der Waals surface area contributed by atoms with Gasteiger partial charge in [0.2, 0.25) is 23.6 Å². The molecule has 4 atom stereocenters. The molecule has 3 fully saturated rings. The first-order chi connectivity index (χ1) is 17.0. The van der Waals surface area contributed by atoms with Crippen LogP contribution in [0.15, 0.2) is 91.0 Å². The second kappa shape index (κ2) is 7.81. The Labute approximate surface area is 205 Å². The molecule has 6 rings (SSSR count). The van der Waals surface area contributed by atoms with E-state index in [-0.39, 0.29) is 18.2 Å². The predicted molar refractivity (Wildman–Crippen MR) is 132 cm³/mol. The van der Waals surface area contributed by atoms with Gasteiger partial charge in [0, 0.05) is 5.69 Å². The van der Waals surface area contributed by atoms with Crippen LogP contribution in [0.5, 0.6) is 0 Å². The lowest BCUT2D eigenvalue weighted by Gasteiger charge is -2.34. The number of nitrogens with zero attached hydrogens (tertiary/aromatic N) is 1. The minimum absolute atomic E-state index is 0.226. The van der Waals surface area contributed by atoms with Crippen LogP contribution in [0.2, 0.25) is 0 Å². The van der Waals surface area contributed by atoms with Crippen molar-refractivity contribution in [1.82, 2.24) is 5.32 Å². The van der Waals surface area contributed by atoms with Gasteiger partial charge in [0.15, 0.2) is 0 Å². The number of hydrogen-bond donors (Lipinski definition) is 2. The summed E-state index contributed by atoms with van der Waals surface area (Å²) in [6, 6.07) is 26.9. The first kappa shape index (κ1) is 21.6. The number of benzene rings is 3. The lowest BCUT2D eigenvalue weighted by atomic mass is 9.72. The molecule has 0 aromatic heterocycles. The third-order valence-corrected chi connectivity index (χ3v) is 8.83. The lowest BCUT2D eigenvalue weighted by molar-refractivity contribution is -0.137. The van der Waals surface area contributed by atoms with Gasteiger partial charge in [0.25, 0.3) is 0 Å². The minimum Gasteiger partial charge on any atom is -0.336 e. The van der Waals surface area contributed by atoms with Crippen LogP contribution < -0.4 is 15.5 Å². The van der Waals surface area contributed by atoms with E-state index < -0.39 is 33.3 Å². The number of piperidine rings is 1. The molecular weight excluding hydrogens is 462 g/mol. The Balaban J connectivity index is 1.45. The van der Waals surface area contributed by atoms with E-state index in [0.29, 0.717) is 11.4 Å². The van der Waals surface area contributed by atoms with Crippen molar-refractivity contribution in [3.63, 3.8) is 0 Å². The molecule has 4 amide bonds. The number of amides is 4. The number of nitrogens with one attached hydrogen (secondary N) is 2. The number of hydrogen-bond acceptors (Lipinski definition) is 5. The second-order valence-electron chi connectivity index (χ2n) is 8.94. The summed E-state index contributed by atoms with van der Waals surface area (Å²) in [6.07, 6.45) is -0.226. The van der Waals surface area contributed by atoms with E-state index in [4.69, 9.17) is 0 Å². The lowest BCUT2D eigenvalue weighted by Crippen LogP contribution is -2.57. The number of imide groups is 1. The van der Waals surface area contributed by atoms with E-state index >= 15 is 0 Å². The Hall–Kier alpha value is -3.91. The van der Waals surface area contributed by atoms with Crippen molar-refractivity contribution in [2.75, 3.05) is 10.2 Å². The fourth-order valence-corrected chi connectivity index (χ4v) is 7.60. The minimum atomic E-state index is -1.41. The molecule has 2 N–H and O–H groups in total. The number of carbonyl (C=O) groups excluding carboxylic acids is 4. The average Bonchev–Trinajstić information content (AvgIpc) is 3.44. The molecule has 3 aliphatic rings. The number of anilines is 2. The van der Waals surface area contributed by atoms with Crippen molar-refractivity contribution in [3.05, 3.63) is 96.6 Å². The largest absolute Gasteiger partial charge is 0.336 e. The maximum Gasteiger partial charge on any atom is 0.241 e. The standard InChI is InChI=1S/C27H21N3O4S/c31-20(28-18-12-6-2-7-13-18)16-26-21-22(24(33)30(23(21)32)19-14-8-3-9-15-19)27(35-26,29-25(26)34)17-10-4-1-5-11-17/h1-15,21-22H,16H2,(H,28,31)(H,29,34). The van der Waals surface area contributed by atoms with Crippen molar-refractivity contribution in [1.29, 1.82) is 0 Å². The highest BCUT2D eigenvalue weighted by atomic mass is 32.2.